The molecule has 4 heteroatoms. The maximum absolute atomic E-state index is 5.53. The van der Waals surface area contributed by atoms with Gasteiger partial charge < -0.3 is 20.1 Å². The first kappa shape index (κ1) is 13.2. The molecule has 0 aliphatic carbocycles. The van der Waals surface area contributed by atoms with Gasteiger partial charge in [-0.25, -0.2) is 0 Å². The molecule has 2 rings (SSSR count). The minimum Gasteiger partial charge on any atom is -0.491 e. The Kier molecular flexibility index (Phi) is 5.30. The number of hydrogen-bond donors (Lipinski definition) is 2. The third-order valence-electron chi connectivity index (χ3n) is 3.12. The highest BCUT2D eigenvalue weighted by Gasteiger charge is 2.12. The van der Waals surface area contributed by atoms with Crippen molar-refractivity contribution in [1.82, 2.24) is 5.32 Å². The molecule has 0 atom stereocenters. The highest BCUT2D eigenvalue weighted by molar-refractivity contribution is 5.47. The lowest BCUT2D eigenvalue weighted by Crippen LogP contribution is -2.35. The van der Waals surface area contributed by atoms with Gasteiger partial charge in [0.1, 0.15) is 12.4 Å². The van der Waals surface area contributed by atoms with Crippen molar-refractivity contribution in [2.24, 2.45) is 0 Å². The molecule has 100 valence electrons. The van der Waals surface area contributed by atoms with Crippen molar-refractivity contribution < 1.29 is 9.47 Å². The topological polar surface area (TPSA) is 42.5 Å². The fourth-order valence-corrected chi connectivity index (χ4v) is 2.09. The summed E-state index contributed by atoms with van der Waals surface area (Å²) in [6, 6.07) is 8.73. The number of piperidine rings is 1. The Hall–Kier alpha value is -1.26. The van der Waals surface area contributed by atoms with Gasteiger partial charge in [-0.15, -0.1) is 0 Å². The van der Waals surface area contributed by atoms with E-state index in [1.165, 1.54) is 18.5 Å². The molecule has 0 spiro atoms. The molecule has 18 heavy (non-hydrogen) atoms. The lowest BCUT2D eigenvalue weighted by molar-refractivity contribution is 0.146. The van der Waals surface area contributed by atoms with Gasteiger partial charge in [0.2, 0.25) is 0 Å². The van der Waals surface area contributed by atoms with Gasteiger partial charge in [0.25, 0.3) is 0 Å². The molecular weight excluding hydrogens is 228 g/mol. The number of methoxy groups -OCH3 is 1. The highest BCUT2D eigenvalue weighted by Crippen LogP contribution is 2.18. The van der Waals surface area contributed by atoms with E-state index in [0.717, 1.165) is 18.8 Å². The van der Waals surface area contributed by atoms with Crippen LogP contribution in [0.25, 0.3) is 0 Å². The van der Waals surface area contributed by atoms with E-state index in [4.69, 9.17) is 9.47 Å². The number of anilines is 1. The van der Waals surface area contributed by atoms with E-state index in [1.807, 2.05) is 12.1 Å². The third kappa shape index (κ3) is 4.20. The van der Waals surface area contributed by atoms with Gasteiger partial charge in [-0.2, -0.15) is 0 Å². The smallest absolute Gasteiger partial charge is 0.119 e. The molecule has 1 aliphatic rings. The summed E-state index contributed by atoms with van der Waals surface area (Å²) in [5.41, 5.74) is 1.17. The van der Waals surface area contributed by atoms with Crippen LogP contribution in [-0.4, -0.2) is 39.5 Å². The van der Waals surface area contributed by atoms with E-state index < -0.39 is 0 Å². The van der Waals surface area contributed by atoms with Gasteiger partial charge in [-0.3, -0.25) is 0 Å². The second kappa shape index (κ2) is 7.24. The summed E-state index contributed by atoms with van der Waals surface area (Å²) >= 11 is 0. The molecule has 1 fully saturated rings. The lowest BCUT2D eigenvalue weighted by Gasteiger charge is -2.24. The Morgan fingerprint density at radius 1 is 1.17 bits per heavy atom. The van der Waals surface area contributed by atoms with Crippen molar-refractivity contribution in [1.29, 1.82) is 0 Å². The Bertz CT molecular complexity index is 334. The molecule has 4 nitrogen and oxygen atoms in total. The van der Waals surface area contributed by atoms with Crippen LogP contribution in [0, 0.1) is 0 Å². The van der Waals surface area contributed by atoms with Gasteiger partial charge in [-0.05, 0) is 50.2 Å². The van der Waals surface area contributed by atoms with Crippen molar-refractivity contribution in [2.45, 2.75) is 18.9 Å². The summed E-state index contributed by atoms with van der Waals surface area (Å²) in [5.74, 6) is 0.892. The fraction of sp³-hybridized carbons (Fsp3) is 0.571. The quantitative estimate of drug-likeness (QED) is 0.757. The largest absolute Gasteiger partial charge is 0.491 e. The number of ether oxygens (including phenoxy) is 2. The zero-order valence-electron chi connectivity index (χ0n) is 10.9. The first-order valence-corrected chi connectivity index (χ1v) is 6.57. The zero-order chi connectivity index (χ0) is 12.6. The molecule has 1 aromatic carbocycles. The molecule has 0 radical (unpaired) electrons. The van der Waals surface area contributed by atoms with E-state index in [-0.39, 0.29) is 0 Å². The summed E-state index contributed by atoms with van der Waals surface area (Å²) in [6.45, 7) is 3.43. The Morgan fingerprint density at radius 3 is 2.56 bits per heavy atom. The standard InChI is InChI=1S/C14H22N2O2/c1-17-10-11-18-14-4-2-12(3-5-14)16-13-6-8-15-9-7-13/h2-5,13,15-16H,6-11H2,1H3. The second-order valence-electron chi connectivity index (χ2n) is 4.53. The van der Waals surface area contributed by atoms with E-state index in [1.54, 1.807) is 7.11 Å². The molecule has 1 saturated heterocycles. The van der Waals surface area contributed by atoms with E-state index in [9.17, 15) is 0 Å². The second-order valence-corrected chi connectivity index (χ2v) is 4.53. The maximum atomic E-state index is 5.53. The number of benzene rings is 1. The minimum atomic E-state index is 0.589. The predicted molar refractivity (Wildman–Crippen MR) is 73.3 cm³/mol. The molecule has 0 unspecified atom stereocenters. The van der Waals surface area contributed by atoms with Gasteiger partial charge in [0, 0.05) is 18.8 Å². The molecular formula is C14H22N2O2. The predicted octanol–water partition coefficient (Wildman–Crippen LogP) is 1.88. The molecule has 0 aromatic heterocycles. The summed E-state index contributed by atoms with van der Waals surface area (Å²) in [6.07, 6.45) is 2.37. The van der Waals surface area contributed by atoms with Crippen LogP contribution < -0.4 is 15.4 Å². The van der Waals surface area contributed by atoms with Crippen LogP contribution in [0.4, 0.5) is 5.69 Å². The Morgan fingerprint density at radius 2 is 1.89 bits per heavy atom. The van der Waals surface area contributed by atoms with E-state index in [0.29, 0.717) is 19.3 Å². The molecule has 1 aliphatic heterocycles. The van der Waals surface area contributed by atoms with Gasteiger partial charge in [0.15, 0.2) is 0 Å². The molecule has 0 amide bonds. The average Bonchev–Trinajstić information content (AvgIpc) is 2.42. The summed E-state index contributed by atoms with van der Waals surface area (Å²) in [4.78, 5) is 0. The number of nitrogens with one attached hydrogen (secondary N) is 2. The van der Waals surface area contributed by atoms with Crippen LogP contribution in [0.5, 0.6) is 5.75 Å². The van der Waals surface area contributed by atoms with Crippen LogP contribution in [0.2, 0.25) is 0 Å². The SMILES string of the molecule is COCCOc1ccc(NC2CCNCC2)cc1. The number of rotatable bonds is 6. The Balaban J connectivity index is 1.79. The van der Waals surface area contributed by atoms with Crippen LogP contribution in [0.1, 0.15) is 12.8 Å². The highest BCUT2D eigenvalue weighted by atomic mass is 16.5. The van der Waals surface area contributed by atoms with Crippen LogP contribution in [0.15, 0.2) is 24.3 Å². The fourth-order valence-electron chi connectivity index (χ4n) is 2.09. The number of hydrogen-bond acceptors (Lipinski definition) is 4. The average molecular weight is 250 g/mol. The Labute approximate surface area is 109 Å². The third-order valence-corrected chi connectivity index (χ3v) is 3.12. The van der Waals surface area contributed by atoms with E-state index in [2.05, 4.69) is 22.8 Å². The van der Waals surface area contributed by atoms with Crippen LogP contribution in [-0.2, 0) is 4.74 Å². The lowest BCUT2D eigenvalue weighted by atomic mass is 10.1. The van der Waals surface area contributed by atoms with Crippen molar-refractivity contribution in [3.63, 3.8) is 0 Å². The van der Waals surface area contributed by atoms with Gasteiger partial charge in [-0.1, -0.05) is 0 Å². The van der Waals surface area contributed by atoms with Gasteiger partial charge >= 0.3 is 0 Å². The summed E-state index contributed by atoms with van der Waals surface area (Å²) < 4.78 is 10.5. The molecule has 0 saturated carbocycles. The monoisotopic (exact) mass is 250 g/mol. The summed E-state index contributed by atoms with van der Waals surface area (Å²) in [5, 5.41) is 6.92. The van der Waals surface area contributed by atoms with Crippen molar-refractivity contribution >= 4 is 5.69 Å². The maximum Gasteiger partial charge on any atom is 0.119 e. The first-order chi connectivity index (χ1) is 8.88. The van der Waals surface area contributed by atoms with E-state index >= 15 is 0 Å². The minimum absolute atomic E-state index is 0.589. The van der Waals surface area contributed by atoms with Crippen LogP contribution in [0.3, 0.4) is 0 Å². The molecule has 2 N–H and O–H groups in total. The van der Waals surface area contributed by atoms with Crippen LogP contribution >= 0.6 is 0 Å². The zero-order valence-corrected chi connectivity index (χ0v) is 10.9. The summed E-state index contributed by atoms with van der Waals surface area (Å²) in [7, 11) is 1.68. The van der Waals surface area contributed by atoms with Gasteiger partial charge in [0.05, 0.1) is 6.61 Å². The molecule has 0 bridgehead atoms. The molecule has 1 aromatic rings. The first-order valence-electron chi connectivity index (χ1n) is 6.57. The van der Waals surface area contributed by atoms with Crippen molar-refractivity contribution in [3.8, 4) is 5.75 Å². The molecule has 1 heterocycles. The normalized spacial score (nSPS) is 16.5. The van der Waals surface area contributed by atoms with Crippen molar-refractivity contribution in [2.75, 3.05) is 38.7 Å². The van der Waals surface area contributed by atoms with Crippen molar-refractivity contribution in [3.05, 3.63) is 24.3 Å².